The van der Waals surface area contributed by atoms with Gasteiger partial charge in [0.25, 0.3) is 0 Å². The summed E-state index contributed by atoms with van der Waals surface area (Å²) >= 11 is 1.79. The Hall–Kier alpha value is -0.650. The summed E-state index contributed by atoms with van der Waals surface area (Å²) in [6, 6.07) is 0.369. The number of ether oxygens (including phenoxy) is 1. The first-order valence-corrected chi connectivity index (χ1v) is 8.18. The molecule has 0 bridgehead atoms. The van der Waals surface area contributed by atoms with Crippen LogP contribution < -0.4 is 10.2 Å². The summed E-state index contributed by atoms with van der Waals surface area (Å²) in [6.07, 6.45) is 2.00. The lowest BCUT2D eigenvalue weighted by Crippen LogP contribution is -2.57. The zero-order valence-electron chi connectivity index (χ0n) is 13.5. The third kappa shape index (κ3) is 3.71. The maximum absolute atomic E-state index is 6.13. The van der Waals surface area contributed by atoms with E-state index in [0.717, 1.165) is 24.8 Å². The fourth-order valence-electron chi connectivity index (χ4n) is 2.95. The van der Waals surface area contributed by atoms with Crippen LogP contribution in [0, 0.1) is 0 Å². The van der Waals surface area contributed by atoms with Gasteiger partial charge in [-0.3, -0.25) is 0 Å². The monoisotopic (exact) mass is 297 g/mol. The first kappa shape index (κ1) is 15.7. The van der Waals surface area contributed by atoms with Gasteiger partial charge in [0.05, 0.1) is 11.2 Å². The van der Waals surface area contributed by atoms with Crippen LogP contribution >= 0.6 is 11.3 Å². The number of rotatable bonds is 4. The van der Waals surface area contributed by atoms with Crippen LogP contribution in [0.5, 0.6) is 0 Å². The molecular formula is C15H27N3OS. The van der Waals surface area contributed by atoms with E-state index in [0.29, 0.717) is 6.04 Å². The molecule has 0 radical (unpaired) electrons. The summed E-state index contributed by atoms with van der Waals surface area (Å²) < 4.78 is 6.13. The van der Waals surface area contributed by atoms with E-state index in [4.69, 9.17) is 4.74 Å². The molecule has 1 aliphatic rings. The number of nitrogens with one attached hydrogen (secondary N) is 1. The molecule has 0 spiro atoms. The van der Waals surface area contributed by atoms with Gasteiger partial charge in [0.2, 0.25) is 0 Å². The van der Waals surface area contributed by atoms with Crippen molar-refractivity contribution in [2.75, 3.05) is 24.5 Å². The second-order valence-corrected chi connectivity index (χ2v) is 7.84. The number of hydrogen-bond acceptors (Lipinski definition) is 5. The van der Waals surface area contributed by atoms with Crippen molar-refractivity contribution in [3.8, 4) is 0 Å². The number of nitrogens with zero attached hydrogens (tertiary/aromatic N) is 2. The van der Waals surface area contributed by atoms with E-state index in [2.05, 4.69) is 56.7 Å². The van der Waals surface area contributed by atoms with Crippen LogP contribution in [0.25, 0.3) is 0 Å². The molecule has 20 heavy (non-hydrogen) atoms. The molecule has 2 heterocycles. The Morgan fingerprint density at radius 3 is 2.50 bits per heavy atom. The van der Waals surface area contributed by atoms with Crippen molar-refractivity contribution in [3.05, 3.63) is 11.1 Å². The zero-order chi connectivity index (χ0) is 15.0. The predicted molar refractivity (Wildman–Crippen MR) is 85.7 cm³/mol. The minimum atomic E-state index is -0.138. The highest BCUT2D eigenvalue weighted by molar-refractivity contribution is 7.15. The maximum atomic E-state index is 6.13. The van der Waals surface area contributed by atoms with Gasteiger partial charge in [-0.25, -0.2) is 4.98 Å². The van der Waals surface area contributed by atoms with Gasteiger partial charge in [-0.15, -0.1) is 11.3 Å². The molecule has 114 valence electrons. The van der Waals surface area contributed by atoms with Gasteiger partial charge in [0.1, 0.15) is 0 Å². The van der Waals surface area contributed by atoms with Crippen LogP contribution in [0.4, 0.5) is 5.13 Å². The van der Waals surface area contributed by atoms with E-state index in [1.165, 1.54) is 4.88 Å². The van der Waals surface area contributed by atoms with Crippen molar-refractivity contribution in [3.63, 3.8) is 0 Å². The number of hydrogen-bond donors (Lipinski definition) is 1. The van der Waals surface area contributed by atoms with Gasteiger partial charge in [-0.2, -0.15) is 0 Å². The molecule has 1 saturated heterocycles. The predicted octanol–water partition coefficient (Wildman–Crippen LogP) is 3.21. The second-order valence-electron chi connectivity index (χ2n) is 6.80. The third-order valence-electron chi connectivity index (χ3n) is 3.41. The fraction of sp³-hybridized carbons (Fsp3) is 0.800. The van der Waals surface area contributed by atoms with E-state index in [-0.39, 0.29) is 11.2 Å². The molecule has 1 aromatic heterocycles. The van der Waals surface area contributed by atoms with Gasteiger partial charge in [-0.05, 0) is 41.2 Å². The Morgan fingerprint density at radius 1 is 1.35 bits per heavy atom. The maximum Gasteiger partial charge on any atom is 0.185 e. The largest absolute Gasteiger partial charge is 0.366 e. The molecule has 0 amide bonds. The van der Waals surface area contributed by atoms with Crippen molar-refractivity contribution in [2.24, 2.45) is 0 Å². The molecule has 1 fully saturated rings. The van der Waals surface area contributed by atoms with Crippen LogP contribution in [-0.2, 0) is 4.74 Å². The summed E-state index contributed by atoms with van der Waals surface area (Å²) in [5.41, 5.74) is -0.276. The van der Waals surface area contributed by atoms with Gasteiger partial charge in [-0.1, -0.05) is 6.92 Å². The minimum absolute atomic E-state index is 0.138. The van der Waals surface area contributed by atoms with Crippen molar-refractivity contribution < 1.29 is 4.74 Å². The average molecular weight is 297 g/mol. The Balaban J connectivity index is 2.15. The lowest BCUT2D eigenvalue weighted by molar-refractivity contribution is -0.133. The Labute approximate surface area is 126 Å². The fourth-order valence-corrected chi connectivity index (χ4v) is 3.89. The molecule has 1 N–H and O–H groups in total. The summed E-state index contributed by atoms with van der Waals surface area (Å²) in [5, 5.41) is 4.54. The van der Waals surface area contributed by atoms with Crippen LogP contribution in [0.15, 0.2) is 6.20 Å². The van der Waals surface area contributed by atoms with Crippen molar-refractivity contribution in [1.29, 1.82) is 0 Å². The molecule has 1 unspecified atom stereocenters. The SMILES string of the molecule is CCNC(C)c1cnc(N2CC(C)(C)OC(C)(C)C2)s1. The molecular weight excluding hydrogens is 270 g/mol. The summed E-state index contributed by atoms with van der Waals surface area (Å²) in [6.45, 7) is 15.7. The molecule has 0 saturated carbocycles. The topological polar surface area (TPSA) is 37.4 Å². The highest BCUT2D eigenvalue weighted by Crippen LogP contribution is 2.34. The Morgan fingerprint density at radius 2 is 1.95 bits per heavy atom. The van der Waals surface area contributed by atoms with E-state index >= 15 is 0 Å². The second kappa shape index (κ2) is 5.62. The van der Waals surface area contributed by atoms with E-state index < -0.39 is 0 Å². The molecule has 1 aliphatic heterocycles. The highest BCUT2D eigenvalue weighted by Gasteiger charge is 2.39. The lowest BCUT2D eigenvalue weighted by atomic mass is 9.99. The van der Waals surface area contributed by atoms with Gasteiger partial charge in [0.15, 0.2) is 5.13 Å². The highest BCUT2D eigenvalue weighted by atomic mass is 32.1. The Kier molecular flexibility index (Phi) is 4.42. The summed E-state index contributed by atoms with van der Waals surface area (Å²) in [4.78, 5) is 8.28. The number of aromatic nitrogens is 1. The van der Waals surface area contributed by atoms with Crippen LogP contribution in [-0.4, -0.2) is 35.8 Å². The molecule has 1 aromatic rings. The van der Waals surface area contributed by atoms with E-state index in [1.807, 2.05) is 6.20 Å². The van der Waals surface area contributed by atoms with E-state index in [9.17, 15) is 0 Å². The van der Waals surface area contributed by atoms with Crippen LogP contribution in [0.1, 0.15) is 52.5 Å². The molecule has 2 rings (SSSR count). The van der Waals surface area contributed by atoms with E-state index in [1.54, 1.807) is 11.3 Å². The third-order valence-corrected chi connectivity index (χ3v) is 4.66. The van der Waals surface area contributed by atoms with Gasteiger partial charge < -0.3 is 15.0 Å². The van der Waals surface area contributed by atoms with Crippen molar-refractivity contribution in [1.82, 2.24) is 10.3 Å². The quantitative estimate of drug-likeness (QED) is 0.926. The van der Waals surface area contributed by atoms with Gasteiger partial charge in [0, 0.05) is 30.2 Å². The van der Waals surface area contributed by atoms with Crippen molar-refractivity contribution >= 4 is 16.5 Å². The zero-order valence-corrected chi connectivity index (χ0v) is 14.3. The first-order valence-electron chi connectivity index (χ1n) is 7.37. The van der Waals surface area contributed by atoms with Gasteiger partial charge >= 0.3 is 0 Å². The number of morpholine rings is 1. The van der Waals surface area contributed by atoms with Crippen LogP contribution in [0.3, 0.4) is 0 Å². The number of anilines is 1. The Bertz CT molecular complexity index is 440. The molecule has 4 nitrogen and oxygen atoms in total. The normalized spacial score (nSPS) is 22.8. The summed E-state index contributed by atoms with van der Waals surface area (Å²) in [5.74, 6) is 0. The molecule has 0 aliphatic carbocycles. The minimum Gasteiger partial charge on any atom is -0.366 e. The average Bonchev–Trinajstić information content (AvgIpc) is 2.74. The summed E-state index contributed by atoms with van der Waals surface area (Å²) in [7, 11) is 0. The first-order chi connectivity index (χ1) is 9.22. The standard InChI is InChI=1S/C15H27N3OS/c1-7-16-11(2)12-8-17-13(20-12)18-9-14(3,4)19-15(5,6)10-18/h8,11,16H,7,9-10H2,1-6H3. The molecule has 5 heteroatoms. The molecule has 0 aromatic carbocycles. The van der Waals surface area contributed by atoms with Crippen molar-refractivity contribution in [2.45, 2.75) is 58.8 Å². The van der Waals surface area contributed by atoms with Crippen LogP contribution in [0.2, 0.25) is 0 Å². The smallest absolute Gasteiger partial charge is 0.185 e. The molecule has 1 atom stereocenters. The lowest BCUT2D eigenvalue weighted by Gasteiger charge is -2.47. The number of thiazole rings is 1.